The van der Waals surface area contributed by atoms with Gasteiger partial charge in [-0.05, 0) is 48.4 Å². The summed E-state index contributed by atoms with van der Waals surface area (Å²) in [5.41, 5.74) is 1.22. The van der Waals surface area contributed by atoms with Gasteiger partial charge in [0, 0.05) is 11.6 Å². The summed E-state index contributed by atoms with van der Waals surface area (Å²) in [6.07, 6.45) is 0. The van der Waals surface area contributed by atoms with Crippen molar-refractivity contribution in [2.24, 2.45) is 17.8 Å². The van der Waals surface area contributed by atoms with Gasteiger partial charge in [0.1, 0.15) is 17.1 Å². The lowest BCUT2D eigenvalue weighted by molar-refractivity contribution is -0.123. The number of ether oxygens (including phenoxy) is 1. The first-order valence-corrected chi connectivity index (χ1v) is 12.8. The predicted octanol–water partition coefficient (Wildman–Crippen LogP) is 3.38. The molecule has 0 unspecified atom stereocenters. The number of amides is 2. The lowest BCUT2D eigenvalue weighted by Gasteiger charge is -2.32. The van der Waals surface area contributed by atoms with Crippen molar-refractivity contribution in [3.05, 3.63) is 94.5 Å². The Morgan fingerprint density at radius 3 is 2.37 bits per heavy atom. The fourth-order valence-electron chi connectivity index (χ4n) is 6.71. The zero-order valence-corrected chi connectivity index (χ0v) is 21.2. The van der Waals surface area contributed by atoms with Gasteiger partial charge in [0.25, 0.3) is 5.56 Å². The van der Waals surface area contributed by atoms with Gasteiger partial charge in [0.2, 0.25) is 11.8 Å². The van der Waals surface area contributed by atoms with Crippen LogP contribution in [0.4, 0.5) is 5.69 Å². The SMILES string of the molecule is COc1ccc(N2C(=O)[C@@H]3[C@H](C(C)C)N[C@]4(c5ccccc5-n5c4nc4ccccc4c5=O)[C@H]3C2=O)cc1. The van der Waals surface area contributed by atoms with E-state index >= 15 is 0 Å². The molecular weight excluding hydrogens is 480 g/mol. The van der Waals surface area contributed by atoms with Gasteiger partial charge in [-0.3, -0.25) is 24.3 Å². The van der Waals surface area contributed by atoms with E-state index in [1.54, 1.807) is 42.0 Å². The van der Waals surface area contributed by atoms with Crippen LogP contribution in [0.2, 0.25) is 0 Å². The van der Waals surface area contributed by atoms with Crippen LogP contribution in [0.3, 0.4) is 0 Å². The van der Waals surface area contributed by atoms with E-state index in [0.29, 0.717) is 33.9 Å². The van der Waals surface area contributed by atoms with Crippen molar-refractivity contribution in [2.45, 2.75) is 25.4 Å². The van der Waals surface area contributed by atoms with Crippen LogP contribution < -0.4 is 20.5 Å². The minimum atomic E-state index is -1.13. The molecule has 190 valence electrons. The molecule has 3 aliphatic heterocycles. The molecule has 4 aromatic rings. The van der Waals surface area contributed by atoms with Crippen LogP contribution in [0.15, 0.2) is 77.6 Å². The molecule has 1 aromatic heterocycles. The number of carbonyl (C=O) groups excluding carboxylic acids is 2. The number of anilines is 1. The second-order valence-corrected chi connectivity index (χ2v) is 10.5. The monoisotopic (exact) mass is 506 g/mol. The van der Waals surface area contributed by atoms with Crippen molar-refractivity contribution in [1.82, 2.24) is 14.9 Å². The number of nitrogens with one attached hydrogen (secondary N) is 1. The van der Waals surface area contributed by atoms with Crippen LogP contribution in [0, 0.1) is 17.8 Å². The van der Waals surface area contributed by atoms with Crippen LogP contribution in [-0.2, 0) is 15.1 Å². The number of methoxy groups -OCH3 is 1. The normalized spacial score (nSPS) is 25.4. The fraction of sp³-hybridized carbons (Fsp3) is 0.267. The summed E-state index contributed by atoms with van der Waals surface area (Å²) in [4.78, 5) is 48.6. The molecule has 0 aliphatic carbocycles. The maximum absolute atomic E-state index is 14.4. The number of fused-ring (bicyclic) bond motifs is 8. The van der Waals surface area contributed by atoms with Crippen LogP contribution in [-0.4, -0.2) is 34.5 Å². The molecule has 2 saturated heterocycles. The molecule has 1 N–H and O–H groups in total. The number of carbonyl (C=O) groups is 2. The van der Waals surface area contributed by atoms with Gasteiger partial charge in [-0.25, -0.2) is 9.88 Å². The molecule has 0 radical (unpaired) electrons. The number of rotatable bonds is 3. The Balaban J connectivity index is 1.51. The second-order valence-electron chi connectivity index (χ2n) is 10.5. The van der Waals surface area contributed by atoms with E-state index in [-0.39, 0.29) is 29.3 Å². The molecular formula is C30H26N4O4. The first-order valence-electron chi connectivity index (χ1n) is 12.8. The number of aromatic nitrogens is 2. The fourth-order valence-corrected chi connectivity index (χ4v) is 6.71. The zero-order chi connectivity index (χ0) is 26.3. The van der Waals surface area contributed by atoms with Gasteiger partial charge in [-0.15, -0.1) is 0 Å². The first-order chi connectivity index (χ1) is 18.4. The summed E-state index contributed by atoms with van der Waals surface area (Å²) in [5, 5.41) is 4.22. The molecule has 38 heavy (non-hydrogen) atoms. The van der Waals surface area contributed by atoms with E-state index in [0.717, 1.165) is 5.56 Å². The highest BCUT2D eigenvalue weighted by Gasteiger charge is 2.70. The Morgan fingerprint density at radius 1 is 0.921 bits per heavy atom. The highest BCUT2D eigenvalue weighted by molar-refractivity contribution is 6.23. The highest BCUT2D eigenvalue weighted by Crippen LogP contribution is 2.56. The van der Waals surface area contributed by atoms with E-state index in [9.17, 15) is 14.4 Å². The average Bonchev–Trinajstić information content (AvgIpc) is 3.53. The Hall–Kier alpha value is -4.30. The molecule has 0 bridgehead atoms. The van der Waals surface area contributed by atoms with E-state index in [2.05, 4.69) is 5.32 Å². The molecule has 3 aromatic carbocycles. The minimum absolute atomic E-state index is 0.0443. The first kappa shape index (κ1) is 22.9. The van der Waals surface area contributed by atoms with E-state index in [1.165, 1.54) is 4.90 Å². The number of nitrogens with zero attached hydrogens (tertiary/aromatic N) is 3. The lowest BCUT2D eigenvalue weighted by atomic mass is 9.75. The number of imide groups is 1. The van der Waals surface area contributed by atoms with E-state index in [4.69, 9.17) is 9.72 Å². The standard InChI is InChI=1S/C30H26N4O4/c1-16(2)25-23-24(28(37)33(27(23)36)17-12-14-18(38-3)15-13-17)30(32-25)20-9-5-7-11-22(20)34-26(35)19-8-4-6-10-21(19)31-29(30)34/h4-16,23-25,32H,1-3H3/t23-,24+,25-,30+/m0/s1. The summed E-state index contributed by atoms with van der Waals surface area (Å²) in [6.45, 7) is 4.09. The molecule has 3 aliphatic rings. The topological polar surface area (TPSA) is 93.5 Å². The number of hydrogen-bond acceptors (Lipinski definition) is 6. The van der Waals surface area contributed by atoms with Crippen molar-refractivity contribution in [3.63, 3.8) is 0 Å². The lowest BCUT2D eigenvalue weighted by Crippen LogP contribution is -2.51. The molecule has 2 amide bonds. The average molecular weight is 507 g/mol. The number of benzene rings is 3. The van der Waals surface area contributed by atoms with Crippen molar-refractivity contribution >= 4 is 28.4 Å². The van der Waals surface area contributed by atoms with Gasteiger partial charge in [-0.1, -0.05) is 44.2 Å². The zero-order valence-electron chi connectivity index (χ0n) is 21.2. The maximum Gasteiger partial charge on any atom is 0.266 e. The molecule has 0 saturated carbocycles. The van der Waals surface area contributed by atoms with Gasteiger partial charge in [0.05, 0.1) is 41.2 Å². The van der Waals surface area contributed by atoms with E-state index in [1.807, 2.05) is 56.3 Å². The molecule has 8 nitrogen and oxygen atoms in total. The highest BCUT2D eigenvalue weighted by atomic mass is 16.5. The number of para-hydroxylation sites is 2. The molecule has 1 spiro atoms. The predicted molar refractivity (Wildman–Crippen MR) is 142 cm³/mol. The third-order valence-electron chi connectivity index (χ3n) is 8.35. The Bertz CT molecular complexity index is 1710. The van der Waals surface area contributed by atoms with Crippen LogP contribution in [0.25, 0.3) is 16.6 Å². The van der Waals surface area contributed by atoms with Gasteiger partial charge < -0.3 is 4.74 Å². The van der Waals surface area contributed by atoms with Gasteiger partial charge in [0.15, 0.2) is 0 Å². The summed E-state index contributed by atoms with van der Waals surface area (Å²) in [5.74, 6) is -0.791. The van der Waals surface area contributed by atoms with E-state index < -0.39 is 17.4 Å². The van der Waals surface area contributed by atoms with Crippen molar-refractivity contribution in [2.75, 3.05) is 12.0 Å². The summed E-state index contributed by atoms with van der Waals surface area (Å²) >= 11 is 0. The van der Waals surface area contributed by atoms with Gasteiger partial charge >= 0.3 is 0 Å². The minimum Gasteiger partial charge on any atom is -0.497 e. The second kappa shape index (κ2) is 7.85. The molecule has 4 heterocycles. The quantitative estimate of drug-likeness (QED) is 0.428. The molecule has 2 fully saturated rings. The molecule has 7 rings (SSSR count). The van der Waals surface area contributed by atoms with Crippen LogP contribution in [0.5, 0.6) is 5.75 Å². The Morgan fingerprint density at radius 2 is 1.63 bits per heavy atom. The van der Waals surface area contributed by atoms with Crippen molar-refractivity contribution < 1.29 is 14.3 Å². The smallest absolute Gasteiger partial charge is 0.266 e. The van der Waals surface area contributed by atoms with Gasteiger partial charge in [-0.2, -0.15) is 0 Å². The van der Waals surface area contributed by atoms with Crippen molar-refractivity contribution in [1.29, 1.82) is 0 Å². The van der Waals surface area contributed by atoms with Crippen LogP contribution in [0.1, 0.15) is 25.2 Å². The van der Waals surface area contributed by atoms with Crippen molar-refractivity contribution in [3.8, 4) is 11.4 Å². The summed E-state index contributed by atoms with van der Waals surface area (Å²) in [7, 11) is 1.57. The summed E-state index contributed by atoms with van der Waals surface area (Å²) < 4.78 is 6.89. The van der Waals surface area contributed by atoms with Crippen LogP contribution >= 0.6 is 0 Å². The Kier molecular flexibility index (Phi) is 4.72. The maximum atomic E-state index is 14.4. The summed E-state index contributed by atoms with van der Waals surface area (Å²) in [6, 6.07) is 21.5. The third-order valence-corrected chi connectivity index (χ3v) is 8.35. The third kappa shape index (κ3) is 2.73. The number of hydrogen-bond donors (Lipinski definition) is 1. The molecule has 8 heteroatoms. The molecule has 4 atom stereocenters. The Labute approximate surface area is 218 Å². The largest absolute Gasteiger partial charge is 0.497 e.